The molecular formula is C19H44BrClN+. The normalized spacial score (nSPS) is 10.9. The van der Waals surface area contributed by atoms with E-state index in [1.807, 2.05) is 0 Å². The fourth-order valence-corrected chi connectivity index (χ4v) is 2.78. The molecule has 0 saturated carbocycles. The first-order chi connectivity index (χ1) is 9.56. The summed E-state index contributed by atoms with van der Waals surface area (Å²) in [6.07, 6.45) is 20.4. The molecule has 0 aromatic heterocycles. The van der Waals surface area contributed by atoms with E-state index in [2.05, 4.69) is 28.1 Å². The summed E-state index contributed by atoms with van der Waals surface area (Å²) in [5.74, 6) is 0. The van der Waals surface area contributed by atoms with Gasteiger partial charge in [0, 0.05) is 0 Å². The summed E-state index contributed by atoms with van der Waals surface area (Å²) in [6.45, 7) is 3.63. The van der Waals surface area contributed by atoms with Crippen molar-refractivity contribution < 1.29 is 4.48 Å². The fourth-order valence-electron chi connectivity index (χ4n) is 2.78. The minimum absolute atomic E-state index is 0. The van der Waals surface area contributed by atoms with Crippen LogP contribution in [0, 0.1) is 0 Å². The van der Waals surface area contributed by atoms with Crippen molar-refractivity contribution in [2.45, 2.75) is 96.8 Å². The van der Waals surface area contributed by atoms with Crippen LogP contribution in [-0.2, 0) is 0 Å². The van der Waals surface area contributed by atoms with Crippen molar-refractivity contribution >= 4 is 29.4 Å². The summed E-state index contributed by atoms with van der Waals surface area (Å²) in [5, 5.41) is 0. The van der Waals surface area contributed by atoms with Crippen molar-refractivity contribution in [3.05, 3.63) is 0 Å². The van der Waals surface area contributed by atoms with E-state index >= 15 is 0 Å². The van der Waals surface area contributed by atoms with Crippen LogP contribution in [0.5, 0.6) is 0 Å². The lowest BCUT2D eigenvalue weighted by Crippen LogP contribution is -2.35. The SMILES string of the molecule is Br.CCCCCCCCCCCCCCCC[N+](C)(C)C.Cl. The molecule has 0 radical (unpaired) electrons. The Morgan fingerprint density at radius 2 is 0.773 bits per heavy atom. The number of unbranched alkanes of at least 4 members (excludes halogenated alkanes) is 13. The Morgan fingerprint density at radius 1 is 0.500 bits per heavy atom. The lowest BCUT2D eigenvalue weighted by Gasteiger charge is -2.23. The molecule has 0 aliphatic rings. The average Bonchev–Trinajstić information content (AvgIpc) is 2.38. The standard InChI is InChI=1S/C19H42N.BrH.ClH/c1-5-6-7-8-9-10-11-12-13-14-15-16-17-18-19-20(2,3)4;;/h5-19H2,1-4H3;2*1H/q+1;;. The first-order valence-electron chi connectivity index (χ1n) is 9.36. The van der Waals surface area contributed by atoms with E-state index in [0.29, 0.717) is 0 Å². The van der Waals surface area contributed by atoms with Crippen LogP contribution < -0.4 is 0 Å². The maximum absolute atomic E-state index is 2.29. The highest BCUT2D eigenvalue weighted by molar-refractivity contribution is 8.93. The van der Waals surface area contributed by atoms with E-state index in [9.17, 15) is 0 Å². The van der Waals surface area contributed by atoms with Crippen LogP contribution in [0.1, 0.15) is 96.8 Å². The van der Waals surface area contributed by atoms with Crippen molar-refractivity contribution in [1.29, 1.82) is 0 Å². The van der Waals surface area contributed by atoms with Crippen LogP contribution >= 0.6 is 29.4 Å². The molecule has 0 heterocycles. The van der Waals surface area contributed by atoms with Crippen molar-refractivity contribution in [2.24, 2.45) is 0 Å². The second-order valence-corrected chi connectivity index (χ2v) is 7.61. The lowest BCUT2D eigenvalue weighted by molar-refractivity contribution is -0.870. The molecule has 0 aliphatic carbocycles. The Bertz CT molecular complexity index is 192. The number of halogens is 2. The van der Waals surface area contributed by atoms with Gasteiger partial charge < -0.3 is 4.48 Å². The maximum atomic E-state index is 2.29. The summed E-state index contributed by atoms with van der Waals surface area (Å²) in [6, 6.07) is 0. The number of rotatable bonds is 15. The number of hydrogen-bond acceptors (Lipinski definition) is 0. The van der Waals surface area contributed by atoms with E-state index in [0.717, 1.165) is 4.48 Å². The number of hydrogen-bond donors (Lipinski definition) is 0. The molecular weight excluding hydrogens is 358 g/mol. The maximum Gasteiger partial charge on any atom is 0.0780 e. The molecule has 0 spiro atoms. The average molecular weight is 402 g/mol. The van der Waals surface area contributed by atoms with E-state index < -0.39 is 0 Å². The lowest BCUT2D eigenvalue weighted by atomic mass is 10.0. The molecule has 0 aromatic carbocycles. The van der Waals surface area contributed by atoms with Gasteiger partial charge in [-0.3, -0.25) is 0 Å². The predicted molar refractivity (Wildman–Crippen MR) is 111 cm³/mol. The summed E-state index contributed by atoms with van der Waals surface area (Å²) in [4.78, 5) is 0. The molecule has 22 heavy (non-hydrogen) atoms. The highest BCUT2D eigenvalue weighted by Gasteiger charge is 2.04. The van der Waals surface area contributed by atoms with Crippen LogP contribution in [0.2, 0.25) is 0 Å². The van der Waals surface area contributed by atoms with Gasteiger partial charge in [0.2, 0.25) is 0 Å². The molecule has 0 fully saturated rings. The second kappa shape index (κ2) is 19.8. The molecule has 0 bridgehead atoms. The molecule has 0 aliphatic heterocycles. The van der Waals surface area contributed by atoms with Crippen LogP contribution in [0.4, 0.5) is 0 Å². The van der Waals surface area contributed by atoms with Crippen LogP contribution in [-0.4, -0.2) is 32.2 Å². The molecule has 0 atom stereocenters. The van der Waals surface area contributed by atoms with Gasteiger partial charge in [0.1, 0.15) is 0 Å². The number of quaternary nitrogens is 1. The molecule has 3 heteroatoms. The van der Waals surface area contributed by atoms with Crippen molar-refractivity contribution in [3.8, 4) is 0 Å². The second-order valence-electron chi connectivity index (χ2n) is 7.61. The third-order valence-corrected chi connectivity index (χ3v) is 4.18. The van der Waals surface area contributed by atoms with E-state index in [4.69, 9.17) is 0 Å². The molecule has 138 valence electrons. The van der Waals surface area contributed by atoms with Crippen LogP contribution in [0.15, 0.2) is 0 Å². The summed E-state index contributed by atoms with van der Waals surface area (Å²) in [5.41, 5.74) is 0. The highest BCUT2D eigenvalue weighted by atomic mass is 79.9. The van der Waals surface area contributed by atoms with E-state index in [1.54, 1.807) is 0 Å². The molecule has 0 amide bonds. The Balaban J connectivity index is -0.00000180. The van der Waals surface area contributed by atoms with Gasteiger partial charge in [-0.15, -0.1) is 29.4 Å². The molecule has 1 nitrogen and oxygen atoms in total. The first kappa shape index (κ1) is 27.6. The largest absolute Gasteiger partial charge is 0.331 e. The monoisotopic (exact) mass is 400 g/mol. The quantitative estimate of drug-likeness (QED) is 0.201. The zero-order valence-corrected chi connectivity index (χ0v) is 18.4. The Morgan fingerprint density at radius 3 is 1.05 bits per heavy atom. The van der Waals surface area contributed by atoms with Crippen LogP contribution in [0.3, 0.4) is 0 Å². The molecule has 0 rings (SSSR count). The van der Waals surface area contributed by atoms with Gasteiger partial charge in [-0.25, -0.2) is 0 Å². The van der Waals surface area contributed by atoms with Gasteiger partial charge >= 0.3 is 0 Å². The number of nitrogens with zero attached hydrogens (tertiary/aromatic N) is 1. The molecule has 0 unspecified atom stereocenters. The van der Waals surface area contributed by atoms with Crippen molar-refractivity contribution in [1.82, 2.24) is 0 Å². The van der Waals surface area contributed by atoms with Gasteiger partial charge in [-0.1, -0.05) is 84.0 Å². The fraction of sp³-hybridized carbons (Fsp3) is 1.00. The summed E-state index contributed by atoms with van der Waals surface area (Å²) < 4.78 is 1.12. The topological polar surface area (TPSA) is 0 Å². The predicted octanol–water partition coefficient (Wildman–Crippen LogP) is 7.17. The van der Waals surface area contributed by atoms with Gasteiger partial charge in [0.15, 0.2) is 0 Å². The van der Waals surface area contributed by atoms with E-state index in [1.165, 1.54) is 96.4 Å². The zero-order valence-electron chi connectivity index (χ0n) is 15.9. The Kier molecular flexibility index (Phi) is 24.8. The molecule has 0 N–H and O–H groups in total. The van der Waals surface area contributed by atoms with Crippen molar-refractivity contribution in [3.63, 3.8) is 0 Å². The van der Waals surface area contributed by atoms with Gasteiger partial charge in [-0.2, -0.15) is 0 Å². The first-order valence-corrected chi connectivity index (χ1v) is 9.36. The van der Waals surface area contributed by atoms with Crippen molar-refractivity contribution in [2.75, 3.05) is 27.7 Å². The van der Waals surface area contributed by atoms with Gasteiger partial charge in [0.25, 0.3) is 0 Å². The smallest absolute Gasteiger partial charge is 0.0780 e. The van der Waals surface area contributed by atoms with Gasteiger partial charge in [-0.05, 0) is 12.8 Å². The van der Waals surface area contributed by atoms with Crippen LogP contribution in [0.25, 0.3) is 0 Å². The molecule has 0 saturated heterocycles. The third-order valence-electron chi connectivity index (χ3n) is 4.18. The molecule has 0 aromatic rings. The minimum Gasteiger partial charge on any atom is -0.331 e. The summed E-state index contributed by atoms with van der Waals surface area (Å²) >= 11 is 0. The Labute approximate surface area is 158 Å². The van der Waals surface area contributed by atoms with E-state index in [-0.39, 0.29) is 29.4 Å². The minimum atomic E-state index is 0. The highest BCUT2D eigenvalue weighted by Crippen LogP contribution is 2.13. The zero-order chi connectivity index (χ0) is 15.1. The summed E-state index contributed by atoms with van der Waals surface area (Å²) in [7, 11) is 6.88. The Hall–Kier alpha value is 0.730. The third kappa shape index (κ3) is 25.7. The van der Waals surface area contributed by atoms with Gasteiger partial charge in [0.05, 0.1) is 27.7 Å².